The van der Waals surface area contributed by atoms with Gasteiger partial charge in [0.1, 0.15) is 0 Å². The van der Waals surface area contributed by atoms with Gasteiger partial charge in [-0.1, -0.05) is 23.7 Å². The van der Waals surface area contributed by atoms with Crippen LogP contribution in [0, 0.1) is 0 Å². The first kappa shape index (κ1) is 13.4. The minimum atomic E-state index is 0.115. The van der Waals surface area contributed by atoms with Gasteiger partial charge in [-0.3, -0.25) is 4.79 Å². The molecule has 1 atom stereocenters. The van der Waals surface area contributed by atoms with Crippen LogP contribution in [0.15, 0.2) is 24.3 Å². The Morgan fingerprint density at radius 2 is 2.39 bits per heavy atom. The lowest BCUT2D eigenvalue weighted by Crippen LogP contribution is -2.27. The maximum absolute atomic E-state index is 11.7. The van der Waals surface area contributed by atoms with Gasteiger partial charge in [-0.2, -0.15) is 0 Å². The maximum atomic E-state index is 11.7. The molecule has 1 aromatic carbocycles. The highest BCUT2D eigenvalue weighted by molar-refractivity contribution is 6.30. The first-order valence-electron chi connectivity index (χ1n) is 6.48. The van der Waals surface area contributed by atoms with Gasteiger partial charge in [-0.05, 0) is 43.5 Å². The molecule has 1 aliphatic heterocycles. The van der Waals surface area contributed by atoms with Crippen LogP contribution in [0.2, 0.25) is 5.02 Å². The Bertz CT molecular complexity index is 403. The quantitative estimate of drug-likeness (QED) is 0.860. The van der Waals surface area contributed by atoms with Crippen LogP contribution in [0.1, 0.15) is 31.2 Å². The van der Waals surface area contributed by atoms with Crippen molar-refractivity contribution >= 4 is 17.5 Å². The van der Waals surface area contributed by atoms with Crippen molar-refractivity contribution in [1.29, 1.82) is 0 Å². The smallest absolute Gasteiger partial charge is 0.220 e. The van der Waals surface area contributed by atoms with E-state index >= 15 is 0 Å². The van der Waals surface area contributed by atoms with Gasteiger partial charge in [0.2, 0.25) is 5.91 Å². The summed E-state index contributed by atoms with van der Waals surface area (Å²) in [6.07, 6.45) is 3.95. The van der Waals surface area contributed by atoms with E-state index in [0.717, 1.165) is 18.5 Å². The Labute approximate surface area is 113 Å². The summed E-state index contributed by atoms with van der Waals surface area (Å²) in [5.74, 6) is 0.115. The minimum absolute atomic E-state index is 0.115. The average Bonchev–Trinajstić information content (AvgIpc) is 2.87. The van der Waals surface area contributed by atoms with E-state index in [1.807, 2.05) is 24.3 Å². The molecule has 2 N–H and O–H groups in total. The molecule has 2 rings (SSSR count). The predicted molar refractivity (Wildman–Crippen MR) is 73.6 cm³/mol. The Morgan fingerprint density at radius 3 is 3.11 bits per heavy atom. The van der Waals surface area contributed by atoms with E-state index in [1.54, 1.807) is 0 Å². The van der Waals surface area contributed by atoms with Crippen LogP contribution in [-0.4, -0.2) is 18.5 Å². The zero-order chi connectivity index (χ0) is 12.8. The molecule has 1 aromatic rings. The zero-order valence-electron chi connectivity index (χ0n) is 10.4. The van der Waals surface area contributed by atoms with E-state index in [1.165, 1.54) is 12.8 Å². The summed E-state index contributed by atoms with van der Waals surface area (Å²) in [6, 6.07) is 8.09. The number of halogens is 1. The number of nitrogens with one attached hydrogen (secondary N) is 2. The van der Waals surface area contributed by atoms with E-state index in [9.17, 15) is 4.79 Å². The molecule has 1 saturated heterocycles. The third-order valence-electron chi connectivity index (χ3n) is 3.26. The number of benzene rings is 1. The number of amides is 1. The Balaban J connectivity index is 1.68. The summed E-state index contributed by atoms with van der Waals surface area (Å²) in [5.41, 5.74) is 1.04. The average molecular weight is 267 g/mol. The standard InChI is InChI=1S/C14H19ClN2O/c15-12-4-1-3-11(9-12)10-17-14(18)7-6-13-5-2-8-16-13/h1,3-4,9,13,16H,2,5-8,10H2,(H,17,18). The molecular weight excluding hydrogens is 248 g/mol. The number of hydrogen-bond acceptors (Lipinski definition) is 2. The van der Waals surface area contributed by atoms with Crippen molar-refractivity contribution in [1.82, 2.24) is 10.6 Å². The van der Waals surface area contributed by atoms with Crippen molar-refractivity contribution in [2.75, 3.05) is 6.54 Å². The molecule has 0 bridgehead atoms. The van der Waals surface area contributed by atoms with Crippen LogP contribution in [0.25, 0.3) is 0 Å². The molecule has 1 unspecified atom stereocenters. The molecular formula is C14H19ClN2O. The van der Waals surface area contributed by atoms with Crippen LogP contribution < -0.4 is 10.6 Å². The lowest BCUT2D eigenvalue weighted by atomic mass is 10.1. The Kier molecular flexibility index (Phi) is 5.02. The van der Waals surface area contributed by atoms with Gasteiger partial charge in [0.05, 0.1) is 0 Å². The van der Waals surface area contributed by atoms with Gasteiger partial charge in [0.25, 0.3) is 0 Å². The second kappa shape index (κ2) is 6.76. The van der Waals surface area contributed by atoms with Gasteiger partial charge in [0, 0.05) is 24.0 Å². The SMILES string of the molecule is O=C(CCC1CCCN1)NCc1cccc(Cl)c1. The first-order valence-corrected chi connectivity index (χ1v) is 6.86. The number of rotatable bonds is 5. The fraction of sp³-hybridized carbons (Fsp3) is 0.500. The summed E-state index contributed by atoms with van der Waals surface area (Å²) >= 11 is 5.89. The van der Waals surface area contributed by atoms with Crippen molar-refractivity contribution in [3.8, 4) is 0 Å². The molecule has 0 aromatic heterocycles. The number of carbonyl (C=O) groups is 1. The van der Waals surface area contributed by atoms with Gasteiger partial charge < -0.3 is 10.6 Å². The van der Waals surface area contributed by atoms with Crippen LogP contribution in [0.4, 0.5) is 0 Å². The third-order valence-corrected chi connectivity index (χ3v) is 3.50. The highest BCUT2D eigenvalue weighted by Gasteiger charge is 2.14. The highest BCUT2D eigenvalue weighted by Crippen LogP contribution is 2.12. The molecule has 3 nitrogen and oxygen atoms in total. The second-order valence-electron chi connectivity index (χ2n) is 4.74. The van der Waals surface area contributed by atoms with Crippen molar-refractivity contribution in [2.24, 2.45) is 0 Å². The summed E-state index contributed by atoms with van der Waals surface area (Å²) < 4.78 is 0. The molecule has 0 saturated carbocycles. The van der Waals surface area contributed by atoms with Crippen LogP contribution in [0.3, 0.4) is 0 Å². The summed E-state index contributed by atoms with van der Waals surface area (Å²) in [4.78, 5) is 11.7. The second-order valence-corrected chi connectivity index (χ2v) is 5.18. The molecule has 0 radical (unpaired) electrons. The molecule has 1 aliphatic rings. The lowest BCUT2D eigenvalue weighted by Gasteiger charge is -2.10. The van der Waals surface area contributed by atoms with Crippen LogP contribution >= 0.6 is 11.6 Å². The molecule has 4 heteroatoms. The van der Waals surface area contributed by atoms with Crippen molar-refractivity contribution < 1.29 is 4.79 Å². The van der Waals surface area contributed by atoms with Crippen molar-refractivity contribution in [3.05, 3.63) is 34.9 Å². The van der Waals surface area contributed by atoms with E-state index in [2.05, 4.69) is 10.6 Å². The normalized spacial score (nSPS) is 18.8. The van der Waals surface area contributed by atoms with E-state index in [0.29, 0.717) is 24.0 Å². The highest BCUT2D eigenvalue weighted by atomic mass is 35.5. The largest absolute Gasteiger partial charge is 0.352 e. The van der Waals surface area contributed by atoms with Gasteiger partial charge in [-0.25, -0.2) is 0 Å². The monoisotopic (exact) mass is 266 g/mol. The number of carbonyl (C=O) groups excluding carboxylic acids is 1. The van der Waals surface area contributed by atoms with Gasteiger partial charge in [-0.15, -0.1) is 0 Å². The molecule has 0 aliphatic carbocycles. The molecule has 0 spiro atoms. The van der Waals surface area contributed by atoms with E-state index in [-0.39, 0.29) is 5.91 Å². The minimum Gasteiger partial charge on any atom is -0.352 e. The fourth-order valence-corrected chi connectivity index (χ4v) is 2.46. The van der Waals surface area contributed by atoms with E-state index in [4.69, 9.17) is 11.6 Å². The molecule has 98 valence electrons. The summed E-state index contributed by atoms with van der Waals surface area (Å²) in [5, 5.41) is 7.03. The first-order chi connectivity index (χ1) is 8.74. The molecule has 18 heavy (non-hydrogen) atoms. The third kappa shape index (κ3) is 4.31. The zero-order valence-corrected chi connectivity index (χ0v) is 11.2. The topological polar surface area (TPSA) is 41.1 Å². The summed E-state index contributed by atoms with van der Waals surface area (Å²) in [6.45, 7) is 1.65. The Hall–Kier alpha value is -1.06. The number of hydrogen-bond donors (Lipinski definition) is 2. The van der Waals surface area contributed by atoms with Crippen molar-refractivity contribution in [3.63, 3.8) is 0 Å². The van der Waals surface area contributed by atoms with Gasteiger partial charge in [0.15, 0.2) is 0 Å². The van der Waals surface area contributed by atoms with E-state index < -0.39 is 0 Å². The molecule has 1 amide bonds. The lowest BCUT2D eigenvalue weighted by molar-refractivity contribution is -0.121. The maximum Gasteiger partial charge on any atom is 0.220 e. The van der Waals surface area contributed by atoms with Crippen molar-refractivity contribution in [2.45, 2.75) is 38.3 Å². The predicted octanol–water partition coefficient (Wildman–Crippen LogP) is 2.49. The van der Waals surface area contributed by atoms with Crippen LogP contribution in [-0.2, 0) is 11.3 Å². The van der Waals surface area contributed by atoms with Gasteiger partial charge >= 0.3 is 0 Å². The fourth-order valence-electron chi connectivity index (χ4n) is 2.24. The van der Waals surface area contributed by atoms with Crippen LogP contribution in [0.5, 0.6) is 0 Å². The molecule has 1 heterocycles. The summed E-state index contributed by atoms with van der Waals surface area (Å²) in [7, 11) is 0. The molecule has 1 fully saturated rings. The Morgan fingerprint density at radius 1 is 1.50 bits per heavy atom.